The number of ether oxygens (including phenoxy) is 1. The summed E-state index contributed by atoms with van der Waals surface area (Å²) >= 11 is 0. The van der Waals surface area contributed by atoms with Crippen molar-refractivity contribution in [2.75, 3.05) is 13.1 Å². The van der Waals surface area contributed by atoms with E-state index in [1.165, 1.54) is 5.56 Å². The summed E-state index contributed by atoms with van der Waals surface area (Å²) in [6.07, 6.45) is 1.88. The molecule has 0 unspecified atom stereocenters. The Hall–Kier alpha value is -2.06. The Morgan fingerprint density at radius 1 is 1.28 bits per heavy atom. The fourth-order valence-corrected chi connectivity index (χ4v) is 2.45. The third-order valence-corrected chi connectivity index (χ3v) is 3.65. The van der Waals surface area contributed by atoms with Crippen LogP contribution in [0.2, 0.25) is 0 Å². The summed E-state index contributed by atoms with van der Waals surface area (Å²) in [7, 11) is 0. The maximum absolute atomic E-state index is 11.8. The van der Waals surface area contributed by atoms with Gasteiger partial charge in [-0.15, -0.1) is 0 Å². The predicted molar refractivity (Wildman–Crippen MR) is 100 cm³/mol. The van der Waals surface area contributed by atoms with Crippen molar-refractivity contribution in [1.29, 1.82) is 5.26 Å². The third-order valence-electron chi connectivity index (χ3n) is 3.65. The van der Waals surface area contributed by atoms with Gasteiger partial charge < -0.3 is 10.1 Å². The Morgan fingerprint density at radius 3 is 2.56 bits per heavy atom. The Bertz CT molecular complexity index is 546. The molecule has 0 bridgehead atoms. The maximum Gasteiger partial charge on any atom is 0.407 e. The largest absolute Gasteiger partial charge is 0.444 e. The van der Waals surface area contributed by atoms with E-state index >= 15 is 0 Å². The number of rotatable bonds is 9. The number of amides is 1. The molecule has 5 nitrogen and oxygen atoms in total. The first-order valence-electron chi connectivity index (χ1n) is 8.93. The zero-order chi connectivity index (χ0) is 18.7. The summed E-state index contributed by atoms with van der Waals surface area (Å²) in [5, 5.41) is 11.6. The molecule has 1 amide bonds. The lowest BCUT2D eigenvalue weighted by atomic mass is 10.1. The molecule has 1 aromatic rings. The van der Waals surface area contributed by atoms with Crippen LogP contribution in [0, 0.1) is 11.3 Å². The van der Waals surface area contributed by atoms with E-state index in [1.54, 1.807) is 0 Å². The molecule has 0 spiro atoms. The highest BCUT2D eigenvalue weighted by atomic mass is 16.6. The van der Waals surface area contributed by atoms with Crippen LogP contribution in [-0.2, 0) is 11.3 Å². The van der Waals surface area contributed by atoms with E-state index in [0.29, 0.717) is 6.42 Å². The van der Waals surface area contributed by atoms with E-state index in [0.717, 1.165) is 32.5 Å². The second kappa shape index (κ2) is 10.7. The lowest BCUT2D eigenvalue weighted by Crippen LogP contribution is -2.39. The fraction of sp³-hybridized carbons (Fsp3) is 0.600. The monoisotopic (exact) mass is 345 g/mol. The molecule has 0 radical (unpaired) electrons. The minimum absolute atomic E-state index is 0.0316. The van der Waals surface area contributed by atoms with E-state index in [1.807, 2.05) is 45.9 Å². The zero-order valence-corrected chi connectivity index (χ0v) is 15.9. The molecule has 0 aliphatic heterocycles. The van der Waals surface area contributed by atoms with Gasteiger partial charge in [0.2, 0.25) is 0 Å². The topological polar surface area (TPSA) is 65.4 Å². The summed E-state index contributed by atoms with van der Waals surface area (Å²) in [4.78, 5) is 14.2. The molecule has 0 fully saturated rings. The SMILES string of the molecule is C[C@@H](CCN(CCCC#N)Cc1ccccc1)NC(=O)OC(C)(C)C. The molecular weight excluding hydrogens is 314 g/mol. The molecular formula is C20H31N3O2. The number of hydrogen-bond acceptors (Lipinski definition) is 4. The van der Waals surface area contributed by atoms with Crippen molar-refractivity contribution in [3.05, 3.63) is 35.9 Å². The smallest absolute Gasteiger partial charge is 0.407 e. The van der Waals surface area contributed by atoms with Crippen LogP contribution in [0.4, 0.5) is 4.79 Å². The highest BCUT2D eigenvalue weighted by Crippen LogP contribution is 2.09. The van der Waals surface area contributed by atoms with Crippen molar-refractivity contribution in [1.82, 2.24) is 10.2 Å². The average molecular weight is 345 g/mol. The van der Waals surface area contributed by atoms with Gasteiger partial charge in [-0.3, -0.25) is 4.90 Å². The van der Waals surface area contributed by atoms with Gasteiger partial charge >= 0.3 is 6.09 Å². The molecule has 1 atom stereocenters. The molecule has 1 N–H and O–H groups in total. The quantitative estimate of drug-likeness (QED) is 0.685. The summed E-state index contributed by atoms with van der Waals surface area (Å²) in [5.74, 6) is 0. The van der Waals surface area contributed by atoms with Crippen molar-refractivity contribution in [3.8, 4) is 6.07 Å². The molecule has 5 heteroatoms. The van der Waals surface area contributed by atoms with Gasteiger partial charge in [0.1, 0.15) is 5.60 Å². The molecule has 1 aromatic carbocycles. The van der Waals surface area contributed by atoms with Crippen LogP contribution in [0.3, 0.4) is 0 Å². The normalized spacial score (nSPS) is 12.5. The summed E-state index contributed by atoms with van der Waals surface area (Å²) in [6.45, 7) is 10.1. The first-order chi connectivity index (χ1) is 11.8. The molecule has 138 valence electrons. The van der Waals surface area contributed by atoms with Gasteiger partial charge in [-0.1, -0.05) is 30.3 Å². The van der Waals surface area contributed by atoms with Gasteiger partial charge in [0, 0.05) is 25.6 Å². The van der Waals surface area contributed by atoms with E-state index < -0.39 is 5.60 Å². The number of nitrogens with zero attached hydrogens (tertiary/aromatic N) is 2. The van der Waals surface area contributed by atoms with Gasteiger partial charge in [0.15, 0.2) is 0 Å². The number of carbonyl (C=O) groups excluding carboxylic acids is 1. The van der Waals surface area contributed by atoms with Crippen LogP contribution < -0.4 is 5.32 Å². The molecule has 0 aliphatic carbocycles. The molecule has 0 aliphatic rings. The summed E-state index contributed by atoms with van der Waals surface area (Å²) in [6, 6.07) is 12.5. The number of alkyl carbamates (subject to hydrolysis) is 1. The van der Waals surface area contributed by atoms with Crippen LogP contribution in [0.15, 0.2) is 30.3 Å². The van der Waals surface area contributed by atoms with Gasteiger partial charge in [-0.25, -0.2) is 4.79 Å². The first kappa shape index (κ1) is 21.0. The van der Waals surface area contributed by atoms with Crippen molar-refractivity contribution in [2.45, 2.75) is 65.1 Å². The lowest BCUT2D eigenvalue weighted by Gasteiger charge is -2.25. The third kappa shape index (κ3) is 10.4. The predicted octanol–water partition coefficient (Wildman–Crippen LogP) is 4.10. The van der Waals surface area contributed by atoms with Crippen molar-refractivity contribution in [2.24, 2.45) is 0 Å². The fourth-order valence-electron chi connectivity index (χ4n) is 2.45. The van der Waals surface area contributed by atoms with Gasteiger partial charge in [0.05, 0.1) is 6.07 Å². The number of unbranched alkanes of at least 4 members (excludes halogenated alkanes) is 1. The average Bonchev–Trinajstić information content (AvgIpc) is 2.51. The van der Waals surface area contributed by atoms with Crippen LogP contribution in [0.1, 0.15) is 52.5 Å². The lowest BCUT2D eigenvalue weighted by molar-refractivity contribution is 0.0503. The molecule has 1 rings (SSSR count). The Balaban J connectivity index is 2.47. The standard InChI is InChI=1S/C20H31N3O2/c1-17(22-19(24)25-20(2,3)4)12-15-23(14-9-8-13-21)16-18-10-6-5-7-11-18/h5-7,10-11,17H,8-9,12,14-16H2,1-4H3,(H,22,24)/t17-/m0/s1. The first-order valence-corrected chi connectivity index (χ1v) is 8.93. The van der Waals surface area contributed by atoms with Crippen LogP contribution in [0.5, 0.6) is 0 Å². The second-order valence-corrected chi connectivity index (χ2v) is 7.36. The van der Waals surface area contributed by atoms with Crippen molar-refractivity contribution >= 4 is 6.09 Å². The number of nitriles is 1. The Morgan fingerprint density at radius 2 is 1.96 bits per heavy atom. The summed E-state index contributed by atoms with van der Waals surface area (Å²) in [5.41, 5.74) is 0.771. The van der Waals surface area contributed by atoms with Gasteiger partial charge in [-0.05, 0) is 52.6 Å². The number of carbonyl (C=O) groups is 1. The van der Waals surface area contributed by atoms with Crippen LogP contribution >= 0.6 is 0 Å². The highest BCUT2D eigenvalue weighted by Gasteiger charge is 2.18. The van der Waals surface area contributed by atoms with E-state index in [9.17, 15) is 4.79 Å². The number of hydrogen-bond donors (Lipinski definition) is 1. The highest BCUT2D eigenvalue weighted by molar-refractivity contribution is 5.67. The van der Waals surface area contributed by atoms with E-state index in [2.05, 4.69) is 28.4 Å². The second-order valence-electron chi connectivity index (χ2n) is 7.36. The Labute approximate surface area is 152 Å². The van der Waals surface area contributed by atoms with E-state index in [-0.39, 0.29) is 12.1 Å². The molecule has 0 heterocycles. The number of nitrogens with one attached hydrogen (secondary N) is 1. The minimum atomic E-state index is -0.486. The van der Waals surface area contributed by atoms with Crippen molar-refractivity contribution in [3.63, 3.8) is 0 Å². The zero-order valence-electron chi connectivity index (χ0n) is 15.9. The maximum atomic E-state index is 11.8. The van der Waals surface area contributed by atoms with Crippen LogP contribution in [-0.4, -0.2) is 35.7 Å². The minimum Gasteiger partial charge on any atom is -0.444 e. The molecule has 25 heavy (non-hydrogen) atoms. The number of benzene rings is 1. The summed E-state index contributed by atoms with van der Waals surface area (Å²) < 4.78 is 5.29. The Kier molecular flexibility index (Phi) is 9.01. The molecule has 0 saturated carbocycles. The van der Waals surface area contributed by atoms with Crippen molar-refractivity contribution < 1.29 is 9.53 Å². The molecule has 0 aromatic heterocycles. The van der Waals surface area contributed by atoms with E-state index in [4.69, 9.17) is 10.00 Å². The van der Waals surface area contributed by atoms with Crippen LogP contribution in [0.25, 0.3) is 0 Å². The van der Waals surface area contributed by atoms with Gasteiger partial charge in [-0.2, -0.15) is 5.26 Å². The van der Waals surface area contributed by atoms with Gasteiger partial charge in [0.25, 0.3) is 0 Å². The molecule has 0 saturated heterocycles.